The van der Waals surface area contributed by atoms with E-state index in [0.29, 0.717) is 0 Å². The van der Waals surface area contributed by atoms with Crippen molar-refractivity contribution in [3.8, 4) is 5.75 Å². The third-order valence-corrected chi connectivity index (χ3v) is 2.18. The van der Waals surface area contributed by atoms with E-state index in [-0.39, 0.29) is 0 Å². The molecule has 0 aromatic heterocycles. The molecule has 0 atom stereocenters. The average molecular weight is 226 g/mol. The van der Waals surface area contributed by atoms with Crippen LogP contribution in [0.1, 0.15) is 13.8 Å². The fourth-order valence-electron chi connectivity index (χ4n) is 0.781. The third kappa shape index (κ3) is 4.88. The lowest BCUT2D eigenvalue weighted by Crippen LogP contribution is -2.18. The van der Waals surface area contributed by atoms with E-state index in [0.717, 1.165) is 5.75 Å². The van der Waals surface area contributed by atoms with Crippen molar-refractivity contribution >= 4 is 12.0 Å². The summed E-state index contributed by atoms with van der Waals surface area (Å²) < 4.78 is 5.34. The molecule has 1 rings (SSSR count). The van der Waals surface area contributed by atoms with Gasteiger partial charge in [-0.3, -0.25) is 5.26 Å². The van der Waals surface area contributed by atoms with Crippen LogP contribution in [0, 0.1) is 0 Å². The van der Waals surface area contributed by atoms with Crippen molar-refractivity contribution in [2.75, 3.05) is 0 Å². The molecule has 0 aliphatic heterocycles. The zero-order valence-electron chi connectivity index (χ0n) is 8.71. The molecule has 0 aliphatic rings. The summed E-state index contributed by atoms with van der Waals surface area (Å²) in [6, 6.07) is 9.47. The Labute approximate surface area is 93.8 Å². The number of hydrogen-bond donors (Lipinski definition) is 1. The first kappa shape index (κ1) is 12.1. The summed E-state index contributed by atoms with van der Waals surface area (Å²) in [5.41, 5.74) is -0.687. The summed E-state index contributed by atoms with van der Waals surface area (Å²) in [6.45, 7) is 3.49. The third-order valence-electron chi connectivity index (χ3n) is 1.65. The first-order valence-electron chi connectivity index (χ1n) is 4.53. The maximum absolute atomic E-state index is 8.51. The van der Waals surface area contributed by atoms with Gasteiger partial charge in [-0.1, -0.05) is 18.2 Å². The van der Waals surface area contributed by atoms with Gasteiger partial charge in [0.1, 0.15) is 11.4 Å². The second-order valence-electron chi connectivity index (χ2n) is 3.49. The lowest BCUT2D eigenvalue weighted by atomic mass is 10.1. The van der Waals surface area contributed by atoms with Crippen molar-refractivity contribution in [2.45, 2.75) is 19.4 Å². The average Bonchev–Trinajstić information content (AvgIpc) is 2.26. The summed E-state index contributed by atoms with van der Waals surface area (Å²) in [6.07, 6.45) is 1.71. The van der Waals surface area contributed by atoms with E-state index in [2.05, 4.69) is 4.89 Å². The van der Waals surface area contributed by atoms with Gasteiger partial charge in [-0.05, 0) is 32.1 Å². The summed E-state index contributed by atoms with van der Waals surface area (Å²) in [5.74, 6) is 0.787. The van der Waals surface area contributed by atoms with E-state index >= 15 is 0 Å². The van der Waals surface area contributed by atoms with Gasteiger partial charge in [0.2, 0.25) is 0 Å². The molecule has 0 saturated carbocycles. The fraction of sp³-hybridized carbons (Fsp3) is 0.273. The standard InChI is InChI=1S/C11H14O3S/c1-11(2,14-12)8-9-15-13-10-6-4-3-5-7-10/h3-9,12H,1-2H3/b9-8+. The quantitative estimate of drug-likeness (QED) is 0.474. The summed E-state index contributed by atoms with van der Waals surface area (Å²) in [5, 5.41) is 10.2. The van der Waals surface area contributed by atoms with Crippen LogP contribution < -0.4 is 4.18 Å². The van der Waals surface area contributed by atoms with E-state index in [1.54, 1.807) is 25.3 Å². The molecule has 0 bridgehead atoms. The highest BCUT2D eigenvalue weighted by Gasteiger charge is 2.12. The van der Waals surface area contributed by atoms with Gasteiger partial charge in [0.05, 0.1) is 12.0 Å². The van der Waals surface area contributed by atoms with Gasteiger partial charge in [-0.15, -0.1) is 0 Å². The smallest absolute Gasteiger partial charge is 0.137 e. The molecule has 82 valence electrons. The number of benzene rings is 1. The van der Waals surface area contributed by atoms with Gasteiger partial charge >= 0.3 is 0 Å². The van der Waals surface area contributed by atoms with Crippen LogP contribution in [0.3, 0.4) is 0 Å². The van der Waals surface area contributed by atoms with Crippen LogP contribution in [0.15, 0.2) is 41.8 Å². The Hall–Kier alpha value is -0.970. The molecule has 0 aliphatic carbocycles. The van der Waals surface area contributed by atoms with Gasteiger partial charge in [-0.25, -0.2) is 4.89 Å². The highest BCUT2D eigenvalue weighted by Crippen LogP contribution is 2.18. The van der Waals surface area contributed by atoms with Gasteiger partial charge in [-0.2, -0.15) is 0 Å². The Bertz CT molecular complexity index is 309. The van der Waals surface area contributed by atoms with Crippen LogP contribution in [0.4, 0.5) is 0 Å². The van der Waals surface area contributed by atoms with E-state index in [1.807, 2.05) is 30.3 Å². The minimum absolute atomic E-state index is 0.687. The molecule has 0 spiro atoms. The molecule has 0 unspecified atom stereocenters. The zero-order valence-corrected chi connectivity index (χ0v) is 9.53. The summed E-state index contributed by atoms with van der Waals surface area (Å²) in [4.78, 5) is 4.23. The number of hydrogen-bond acceptors (Lipinski definition) is 4. The topological polar surface area (TPSA) is 38.7 Å². The van der Waals surface area contributed by atoms with Crippen LogP contribution in [-0.4, -0.2) is 10.9 Å². The lowest BCUT2D eigenvalue weighted by molar-refractivity contribution is -0.296. The van der Waals surface area contributed by atoms with Crippen molar-refractivity contribution in [3.05, 3.63) is 41.8 Å². The summed E-state index contributed by atoms with van der Waals surface area (Å²) in [7, 11) is 0. The Morgan fingerprint density at radius 3 is 2.53 bits per heavy atom. The van der Waals surface area contributed by atoms with Gasteiger partial charge in [0, 0.05) is 5.41 Å². The Kier molecular flexibility index (Phi) is 4.68. The number of para-hydroxylation sites is 1. The van der Waals surface area contributed by atoms with E-state index in [9.17, 15) is 0 Å². The molecule has 1 aromatic carbocycles. The Morgan fingerprint density at radius 1 is 1.27 bits per heavy atom. The van der Waals surface area contributed by atoms with Crippen LogP contribution >= 0.6 is 12.0 Å². The van der Waals surface area contributed by atoms with Crippen molar-refractivity contribution in [1.29, 1.82) is 0 Å². The highest BCUT2D eigenvalue weighted by molar-refractivity contribution is 7.97. The predicted molar refractivity (Wildman–Crippen MR) is 61.6 cm³/mol. The molecule has 1 N–H and O–H groups in total. The molecule has 1 aromatic rings. The normalized spacial score (nSPS) is 11.9. The first-order chi connectivity index (χ1) is 7.14. The molecule has 0 heterocycles. The molecule has 15 heavy (non-hydrogen) atoms. The van der Waals surface area contributed by atoms with Gasteiger partial charge < -0.3 is 4.18 Å². The summed E-state index contributed by atoms with van der Waals surface area (Å²) >= 11 is 1.18. The second kappa shape index (κ2) is 5.80. The van der Waals surface area contributed by atoms with Crippen molar-refractivity contribution in [1.82, 2.24) is 0 Å². The molecule has 0 amide bonds. The van der Waals surface area contributed by atoms with Gasteiger partial charge in [0.25, 0.3) is 0 Å². The van der Waals surface area contributed by atoms with Crippen molar-refractivity contribution in [2.24, 2.45) is 0 Å². The van der Waals surface area contributed by atoms with E-state index in [1.165, 1.54) is 12.0 Å². The molecule has 0 saturated heterocycles. The van der Waals surface area contributed by atoms with Crippen molar-refractivity contribution in [3.63, 3.8) is 0 Å². The highest BCUT2D eigenvalue weighted by atomic mass is 32.2. The minimum Gasteiger partial charge on any atom is -0.421 e. The largest absolute Gasteiger partial charge is 0.421 e. The molecule has 0 fully saturated rings. The predicted octanol–water partition coefficient (Wildman–Crippen LogP) is 3.50. The van der Waals surface area contributed by atoms with Crippen LogP contribution in [0.2, 0.25) is 0 Å². The molecular formula is C11H14O3S. The van der Waals surface area contributed by atoms with Crippen LogP contribution in [-0.2, 0) is 4.89 Å². The van der Waals surface area contributed by atoms with Gasteiger partial charge in [0.15, 0.2) is 0 Å². The monoisotopic (exact) mass is 226 g/mol. The van der Waals surface area contributed by atoms with E-state index in [4.69, 9.17) is 9.44 Å². The molecule has 4 heteroatoms. The Morgan fingerprint density at radius 2 is 1.93 bits per heavy atom. The van der Waals surface area contributed by atoms with E-state index < -0.39 is 5.60 Å². The molecule has 0 radical (unpaired) electrons. The molecular weight excluding hydrogens is 212 g/mol. The lowest BCUT2D eigenvalue weighted by Gasteiger charge is -2.14. The SMILES string of the molecule is CC(C)(/C=C/SOc1ccccc1)OO. The second-order valence-corrected chi connectivity index (χ2v) is 4.12. The van der Waals surface area contributed by atoms with Crippen molar-refractivity contribution < 1.29 is 14.3 Å². The fourth-order valence-corrected chi connectivity index (χ4v) is 1.44. The number of rotatable bonds is 5. The zero-order chi connectivity index (χ0) is 11.1. The maximum atomic E-state index is 8.51. The van der Waals surface area contributed by atoms with Crippen LogP contribution in [0.25, 0.3) is 0 Å². The molecule has 3 nitrogen and oxygen atoms in total. The minimum atomic E-state index is -0.687. The first-order valence-corrected chi connectivity index (χ1v) is 5.33. The van der Waals surface area contributed by atoms with Crippen LogP contribution in [0.5, 0.6) is 5.75 Å². The maximum Gasteiger partial charge on any atom is 0.137 e. The Balaban J connectivity index is 2.34.